The molecule has 98 valence electrons. The summed E-state index contributed by atoms with van der Waals surface area (Å²) in [5, 5.41) is 14.4. The van der Waals surface area contributed by atoms with Crippen LogP contribution in [0.3, 0.4) is 0 Å². The van der Waals surface area contributed by atoms with Crippen LogP contribution >= 0.6 is 11.8 Å². The van der Waals surface area contributed by atoms with Crippen LogP contribution < -0.4 is 5.32 Å². The van der Waals surface area contributed by atoms with Crippen LogP contribution in [-0.4, -0.2) is 51.5 Å². The minimum absolute atomic E-state index is 0.122. The second-order valence-corrected chi connectivity index (χ2v) is 4.72. The Hall–Kier alpha value is -1.64. The molecule has 0 unspecified atom stereocenters. The molecule has 1 aliphatic rings. The Bertz CT molecular complexity index is 445. The van der Waals surface area contributed by atoms with Gasteiger partial charge in [0.2, 0.25) is 11.1 Å². The maximum absolute atomic E-state index is 11.4. The van der Waals surface area contributed by atoms with Crippen molar-refractivity contribution in [2.24, 2.45) is 0 Å². The SMILES string of the molecule is COC(=O)CNC(=O)CSc1nnnn1C1CC1. The third-order valence-corrected chi connectivity index (χ3v) is 3.28. The topological polar surface area (TPSA) is 99.0 Å². The van der Waals surface area contributed by atoms with Crippen LogP contribution in [0.5, 0.6) is 0 Å². The lowest BCUT2D eigenvalue weighted by atomic mass is 10.6. The highest BCUT2D eigenvalue weighted by molar-refractivity contribution is 7.99. The van der Waals surface area contributed by atoms with Crippen LogP contribution in [0, 0.1) is 0 Å². The van der Waals surface area contributed by atoms with Gasteiger partial charge in [-0.15, -0.1) is 5.10 Å². The maximum atomic E-state index is 11.4. The van der Waals surface area contributed by atoms with Crippen molar-refractivity contribution >= 4 is 23.6 Å². The van der Waals surface area contributed by atoms with Gasteiger partial charge in [-0.25, -0.2) is 4.68 Å². The quantitative estimate of drug-likeness (QED) is 0.544. The van der Waals surface area contributed by atoms with E-state index in [-0.39, 0.29) is 18.2 Å². The number of carbonyl (C=O) groups is 2. The van der Waals surface area contributed by atoms with Crippen molar-refractivity contribution in [3.63, 3.8) is 0 Å². The van der Waals surface area contributed by atoms with E-state index in [1.807, 2.05) is 0 Å². The number of nitrogens with one attached hydrogen (secondary N) is 1. The smallest absolute Gasteiger partial charge is 0.325 e. The van der Waals surface area contributed by atoms with Gasteiger partial charge in [0.1, 0.15) is 6.54 Å². The molecule has 0 bridgehead atoms. The molecule has 9 heteroatoms. The number of hydrogen-bond donors (Lipinski definition) is 1. The minimum atomic E-state index is -0.476. The first-order chi connectivity index (χ1) is 8.70. The molecule has 0 aromatic carbocycles. The zero-order chi connectivity index (χ0) is 13.0. The molecular formula is C9H13N5O3S. The van der Waals surface area contributed by atoms with E-state index in [4.69, 9.17) is 0 Å². The summed E-state index contributed by atoms with van der Waals surface area (Å²) in [6, 6.07) is 0.376. The fourth-order valence-electron chi connectivity index (χ4n) is 1.25. The van der Waals surface area contributed by atoms with Gasteiger partial charge in [0.05, 0.1) is 18.9 Å². The Morgan fingerprint density at radius 2 is 2.33 bits per heavy atom. The summed E-state index contributed by atoms with van der Waals surface area (Å²) in [6.07, 6.45) is 2.15. The van der Waals surface area contributed by atoms with Gasteiger partial charge in [-0.05, 0) is 23.3 Å². The van der Waals surface area contributed by atoms with Crippen molar-refractivity contribution < 1.29 is 14.3 Å². The molecule has 18 heavy (non-hydrogen) atoms. The molecule has 1 saturated carbocycles. The zero-order valence-corrected chi connectivity index (χ0v) is 10.6. The van der Waals surface area contributed by atoms with E-state index in [9.17, 15) is 9.59 Å². The first kappa shape index (κ1) is 12.8. The molecule has 0 spiro atoms. The minimum Gasteiger partial charge on any atom is -0.468 e. The van der Waals surface area contributed by atoms with Gasteiger partial charge in [-0.3, -0.25) is 9.59 Å². The molecule has 0 aliphatic heterocycles. The average molecular weight is 271 g/mol. The molecule has 8 nitrogen and oxygen atoms in total. The van der Waals surface area contributed by atoms with E-state index in [1.54, 1.807) is 4.68 Å². The number of nitrogens with zero attached hydrogens (tertiary/aromatic N) is 4. The number of aromatic nitrogens is 4. The molecule has 2 rings (SSSR count). The largest absolute Gasteiger partial charge is 0.468 e. The number of ether oxygens (including phenoxy) is 1. The van der Waals surface area contributed by atoms with Crippen LogP contribution in [0.4, 0.5) is 0 Å². The molecule has 0 atom stereocenters. The molecule has 0 radical (unpaired) electrons. The van der Waals surface area contributed by atoms with E-state index >= 15 is 0 Å². The molecule has 1 aliphatic carbocycles. The summed E-state index contributed by atoms with van der Waals surface area (Å²) >= 11 is 1.25. The molecule has 0 saturated heterocycles. The number of hydrogen-bond acceptors (Lipinski definition) is 7. The standard InChI is InChI=1S/C9H13N5O3S/c1-17-8(16)4-10-7(15)5-18-9-11-12-13-14(9)6-2-3-6/h6H,2-5H2,1H3,(H,10,15). The number of carbonyl (C=O) groups excluding carboxylic acids is 2. The highest BCUT2D eigenvalue weighted by atomic mass is 32.2. The van der Waals surface area contributed by atoms with E-state index in [0.29, 0.717) is 11.2 Å². The lowest BCUT2D eigenvalue weighted by Crippen LogP contribution is -2.31. The number of amides is 1. The molecule has 1 N–H and O–H groups in total. The van der Waals surface area contributed by atoms with Gasteiger partial charge in [0, 0.05) is 0 Å². The monoisotopic (exact) mass is 271 g/mol. The van der Waals surface area contributed by atoms with E-state index in [1.165, 1.54) is 18.9 Å². The fourth-order valence-corrected chi connectivity index (χ4v) is 2.03. The second kappa shape index (κ2) is 5.80. The summed E-state index contributed by atoms with van der Waals surface area (Å²) < 4.78 is 6.15. The summed E-state index contributed by atoms with van der Waals surface area (Å²) in [5.74, 6) is -0.559. The molecule has 1 heterocycles. The third-order valence-electron chi connectivity index (χ3n) is 2.35. The van der Waals surface area contributed by atoms with Gasteiger partial charge in [0.25, 0.3) is 0 Å². The number of thioether (sulfide) groups is 1. The lowest BCUT2D eigenvalue weighted by molar-refractivity contribution is -0.140. The van der Waals surface area contributed by atoms with Gasteiger partial charge in [0.15, 0.2) is 0 Å². The van der Waals surface area contributed by atoms with Gasteiger partial charge in [-0.2, -0.15) is 0 Å². The lowest BCUT2D eigenvalue weighted by Gasteiger charge is -2.03. The molecule has 1 aromatic rings. The Morgan fingerprint density at radius 1 is 1.56 bits per heavy atom. The van der Waals surface area contributed by atoms with Crippen LogP contribution in [0.25, 0.3) is 0 Å². The van der Waals surface area contributed by atoms with Crippen molar-refractivity contribution in [2.45, 2.75) is 24.0 Å². The Kier molecular flexibility index (Phi) is 4.13. The van der Waals surface area contributed by atoms with E-state index in [2.05, 4.69) is 25.6 Å². The van der Waals surface area contributed by atoms with E-state index < -0.39 is 5.97 Å². The normalized spacial score (nSPS) is 14.3. The van der Waals surface area contributed by atoms with Gasteiger partial charge < -0.3 is 10.1 Å². The third kappa shape index (κ3) is 3.42. The molecule has 1 fully saturated rings. The first-order valence-electron chi connectivity index (χ1n) is 5.45. The van der Waals surface area contributed by atoms with E-state index in [0.717, 1.165) is 12.8 Å². The van der Waals surface area contributed by atoms with Crippen LogP contribution in [-0.2, 0) is 14.3 Å². The molecule has 1 aromatic heterocycles. The van der Waals surface area contributed by atoms with Crippen LogP contribution in [0.15, 0.2) is 5.16 Å². The first-order valence-corrected chi connectivity index (χ1v) is 6.43. The maximum Gasteiger partial charge on any atom is 0.325 e. The highest BCUT2D eigenvalue weighted by Gasteiger charge is 2.28. The van der Waals surface area contributed by atoms with Crippen molar-refractivity contribution in [3.05, 3.63) is 0 Å². The number of esters is 1. The summed E-state index contributed by atoms with van der Waals surface area (Å²) in [6.45, 7) is -0.122. The van der Waals surface area contributed by atoms with Crippen LogP contribution in [0.1, 0.15) is 18.9 Å². The highest BCUT2D eigenvalue weighted by Crippen LogP contribution is 2.36. The number of methoxy groups -OCH3 is 1. The Morgan fingerprint density at radius 3 is 3.00 bits per heavy atom. The molecule has 1 amide bonds. The fraction of sp³-hybridized carbons (Fsp3) is 0.667. The number of tetrazole rings is 1. The Labute approximate surface area is 107 Å². The summed E-state index contributed by atoms with van der Waals surface area (Å²) in [4.78, 5) is 22.3. The predicted molar refractivity (Wildman–Crippen MR) is 61.8 cm³/mol. The second-order valence-electron chi connectivity index (χ2n) is 3.78. The predicted octanol–water partition coefficient (Wildman–Crippen LogP) is -0.611. The van der Waals surface area contributed by atoms with Crippen molar-refractivity contribution in [3.8, 4) is 0 Å². The Balaban J connectivity index is 1.75. The van der Waals surface area contributed by atoms with Crippen molar-refractivity contribution in [2.75, 3.05) is 19.4 Å². The van der Waals surface area contributed by atoms with Gasteiger partial charge in [-0.1, -0.05) is 11.8 Å². The summed E-state index contributed by atoms with van der Waals surface area (Å²) in [7, 11) is 1.27. The van der Waals surface area contributed by atoms with Crippen molar-refractivity contribution in [1.29, 1.82) is 0 Å². The van der Waals surface area contributed by atoms with Gasteiger partial charge >= 0.3 is 5.97 Å². The van der Waals surface area contributed by atoms with Crippen LogP contribution in [0.2, 0.25) is 0 Å². The zero-order valence-electron chi connectivity index (χ0n) is 9.83. The number of rotatable bonds is 6. The van der Waals surface area contributed by atoms with Crippen molar-refractivity contribution in [1.82, 2.24) is 25.5 Å². The molecular weight excluding hydrogens is 258 g/mol. The average Bonchev–Trinajstić information content (AvgIpc) is 3.12. The summed E-state index contributed by atoms with van der Waals surface area (Å²) in [5.41, 5.74) is 0.